The Morgan fingerprint density at radius 1 is 1.46 bits per heavy atom. The molecule has 4 N–H and O–H groups in total. The number of fused-ring (bicyclic) bond motifs is 1. The highest BCUT2D eigenvalue weighted by molar-refractivity contribution is 7.16. The summed E-state index contributed by atoms with van der Waals surface area (Å²) in [6.07, 6.45) is 10.7. The van der Waals surface area contributed by atoms with Gasteiger partial charge >= 0.3 is 0 Å². The zero-order chi connectivity index (χ0) is 16.7. The number of carbonyl (C=O) groups is 1. The third-order valence-corrected chi connectivity index (χ3v) is 6.69. The van der Waals surface area contributed by atoms with E-state index in [9.17, 15) is 4.79 Å². The van der Waals surface area contributed by atoms with Crippen molar-refractivity contribution >= 4 is 22.2 Å². The summed E-state index contributed by atoms with van der Waals surface area (Å²) < 4.78 is 4.97. The topological polar surface area (TPSA) is 95.1 Å². The number of anilines is 1. The van der Waals surface area contributed by atoms with Gasteiger partial charge in [0.2, 0.25) is 0 Å². The molecule has 6 heteroatoms. The van der Waals surface area contributed by atoms with Gasteiger partial charge in [-0.1, -0.05) is 18.0 Å². The van der Waals surface area contributed by atoms with Crippen LogP contribution in [0.1, 0.15) is 58.6 Å². The quantitative estimate of drug-likeness (QED) is 0.839. The zero-order valence-electron chi connectivity index (χ0n) is 13.7. The molecule has 128 valence electrons. The van der Waals surface area contributed by atoms with Crippen LogP contribution in [-0.4, -0.2) is 11.1 Å². The van der Waals surface area contributed by atoms with E-state index in [0.717, 1.165) is 49.3 Å². The van der Waals surface area contributed by atoms with Gasteiger partial charge in [-0.3, -0.25) is 4.79 Å². The summed E-state index contributed by atoms with van der Waals surface area (Å²) in [7, 11) is 0. The molecule has 4 rings (SSSR count). The molecule has 1 unspecified atom stereocenters. The lowest BCUT2D eigenvalue weighted by atomic mass is 9.67. The molecule has 1 amide bonds. The zero-order valence-corrected chi connectivity index (χ0v) is 14.5. The molecule has 2 aliphatic rings. The summed E-state index contributed by atoms with van der Waals surface area (Å²) in [6.45, 7) is 0. The normalized spacial score (nSPS) is 23.2. The number of thiophene rings is 1. The number of nitrogens with two attached hydrogens (primary N) is 2. The van der Waals surface area contributed by atoms with Gasteiger partial charge in [-0.05, 0) is 55.4 Å². The van der Waals surface area contributed by atoms with Crippen LogP contribution in [0, 0.1) is 11.3 Å². The van der Waals surface area contributed by atoms with Gasteiger partial charge in [-0.2, -0.15) is 0 Å². The summed E-state index contributed by atoms with van der Waals surface area (Å²) in [5, 5.41) is 4.65. The fourth-order valence-electron chi connectivity index (χ4n) is 4.21. The van der Waals surface area contributed by atoms with Crippen LogP contribution in [0.4, 0.5) is 5.00 Å². The van der Waals surface area contributed by atoms with Crippen LogP contribution in [0.5, 0.6) is 0 Å². The maximum absolute atomic E-state index is 11.7. The van der Waals surface area contributed by atoms with Crippen molar-refractivity contribution in [3.8, 4) is 0 Å². The monoisotopic (exact) mass is 345 g/mol. The van der Waals surface area contributed by atoms with Crippen LogP contribution in [0.25, 0.3) is 0 Å². The SMILES string of the molecule is NC(=O)c1c(N)sc2c1CCC(CCc1ccon1)(CC1CC1)C2. The van der Waals surface area contributed by atoms with Crippen molar-refractivity contribution in [1.82, 2.24) is 5.16 Å². The molecule has 24 heavy (non-hydrogen) atoms. The number of amides is 1. The van der Waals surface area contributed by atoms with Crippen molar-refractivity contribution in [2.75, 3.05) is 5.73 Å². The third kappa shape index (κ3) is 2.95. The number of aryl methyl sites for hydroxylation is 1. The third-order valence-electron chi connectivity index (χ3n) is 5.63. The van der Waals surface area contributed by atoms with Gasteiger partial charge in [0.15, 0.2) is 0 Å². The lowest BCUT2D eigenvalue weighted by Gasteiger charge is -2.38. The maximum atomic E-state index is 11.7. The second kappa shape index (κ2) is 5.92. The molecule has 2 heterocycles. The Morgan fingerprint density at radius 3 is 2.96 bits per heavy atom. The van der Waals surface area contributed by atoms with E-state index in [4.69, 9.17) is 16.0 Å². The molecule has 0 bridgehead atoms. The Kier molecular flexibility index (Phi) is 3.87. The number of aromatic nitrogens is 1. The summed E-state index contributed by atoms with van der Waals surface area (Å²) in [5.41, 5.74) is 14.6. The summed E-state index contributed by atoms with van der Waals surface area (Å²) in [5.74, 6) is 0.485. The van der Waals surface area contributed by atoms with Gasteiger partial charge in [0.25, 0.3) is 5.91 Å². The molecule has 5 nitrogen and oxygen atoms in total. The number of rotatable bonds is 6. The molecule has 0 aliphatic heterocycles. The highest BCUT2D eigenvalue weighted by Gasteiger charge is 2.41. The van der Waals surface area contributed by atoms with Gasteiger partial charge < -0.3 is 16.0 Å². The van der Waals surface area contributed by atoms with Crippen LogP contribution in [0.2, 0.25) is 0 Å². The Balaban J connectivity index is 1.58. The number of hydrogen-bond acceptors (Lipinski definition) is 5. The molecule has 0 spiro atoms. The Bertz CT molecular complexity index is 749. The Hall–Kier alpha value is -1.82. The summed E-state index contributed by atoms with van der Waals surface area (Å²) >= 11 is 1.56. The highest BCUT2D eigenvalue weighted by Crippen LogP contribution is 2.51. The predicted octanol–water partition coefficient (Wildman–Crippen LogP) is 3.33. The van der Waals surface area contributed by atoms with E-state index in [1.54, 1.807) is 17.6 Å². The van der Waals surface area contributed by atoms with Gasteiger partial charge in [-0.15, -0.1) is 11.3 Å². The molecule has 1 atom stereocenters. The number of carbonyl (C=O) groups excluding carboxylic acids is 1. The Labute approximate surface area is 145 Å². The largest absolute Gasteiger partial charge is 0.390 e. The first-order chi connectivity index (χ1) is 11.6. The summed E-state index contributed by atoms with van der Waals surface area (Å²) in [6, 6.07) is 1.95. The molecule has 1 fully saturated rings. The minimum Gasteiger partial charge on any atom is -0.390 e. The minimum absolute atomic E-state index is 0.291. The van der Waals surface area contributed by atoms with E-state index >= 15 is 0 Å². The average molecular weight is 345 g/mol. The van der Waals surface area contributed by atoms with Crippen molar-refractivity contribution < 1.29 is 9.32 Å². The van der Waals surface area contributed by atoms with Crippen molar-refractivity contribution in [2.24, 2.45) is 17.1 Å². The molecule has 0 radical (unpaired) electrons. The molecular formula is C18H23N3O2S. The second-order valence-electron chi connectivity index (χ2n) is 7.42. The van der Waals surface area contributed by atoms with E-state index in [0.29, 0.717) is 16.0 Å². The van der Waals surface area contributed by atoms with E-state index in [-0.39, 0.29) is 5.91 Å². The minimum atomic E-state index is -0.387. The van der Waals surface area contributed by atoms with Gasteiger partial charge in [0, 0.05) is 10.9 Å². The lowest BCUT2D eigenvalue weighted by molar-refractivity contribution is 0.0999. The van der Waals surface area contributed by atoms with Crippen molar-refractivity contribution in [1.29, 1.82) is 0 Å². The number of nitrogen functional groups attached to an aromatic ring is 1. The molecule has 2 aromatic heterocycles. The second-order valence-corrected chi connectivity index (χ2v) is 8.56. The number of hydrogen-bond donors (Lipinski definition) is 2. The van der Waals surface area contributed by atoms with Gasteiger partial charge in [0.1, 0.15) is 6.26 Å². The van der Waals surface area contributed by atoms with Crippen LogP contribution < -0.4 is 11.5 Å². The number of primary amides is 1. The van der Waals surface area contributed by atoms with Crippen LogP contribution in [0.15, 0.2) is 16.9 Å². The van der Waals surface area contributed by atoms with Crippen molar-refractivity contribution in [2.45, 2.75) is 51.4 Å². The molecule has 2 aromatic rings. The van der Waals surface area contributed by atoms with Crippen molar-refractivity contribution in [3.05, 3.63) is 34.0 Å². The lowest BCUT2D eigenvalue weighted by Crippen LogP contribution is -2.30. The van der Waals surface area contributed by atoms with Crippen LogP contribution in [0.3, 0.4) is 0 Å². The number of nitrogens with zero attached hydrogens (tertiary/aromatic N) is 1. The van der Waals surface area contributed by atoms with E-state index in [1.807, 2.05) is 6.07 Å². The first kappa shape index (κ1) is 15.7. The first-order valence-electron chi connectivity index (χ1n) is 8.65. The highest BCUT2D eigenvalue weighted by atomic mass is 32.1. The molecule has 0 saturated heterocycles. The van der Waals surface area contributed by atoms with E-state index < -0.39 is 0 Å². The van der Waals surface area contributed by atoms with Gasteiger partial charge in [-0.25, -0.2) is 0 Å². The fourth-order valence-corrected chi connectivity index (χ4v) is 5.51. The van der Waals surface area contributed by atoms with Crippen LogP contribution in [-0.2, 0) is 19.3 Å². The molecular weight excluding hydrogens is 322 g/mol. The van der Waals surface area contributed by atoms with Gasteiger partial charge in [0.05, 0.1) is 16.3 Å². The first-order valence-corrected chi connectivity index (χ1v) is 9.47. The smallest absolute Gasteiger partial charge is 0.251 e. The average Bonchev–Trinajstić information content (AvgIpc) is 3.07. The molecule has 1 saturated carbocycles. The van der Waals surface area contributed by atoms with Crippen molar-refractivity contribution in [3.63, 3.8) is 0 Å². The van der Waals surface area contributed by atoms with E-state index in [1.165, 1.54) is 24.1 Å². The fraction of sp³-hybridized carbons (Fsp3) is 0.556. The van der Waals surface area contributed by atoms with Crippen LogP contribution >= 0.6 is 11.3 Å². The standard InChI is InChI=1S/C18H23N3O2S/c19-16(22)15-13-4-7-18(9-11-1-2-11,10-14(13)24-17(15)20)6-3-12-5-8-23-21-12/h5,8,11H,1-4,6-7,9-10,20H2,(H2,19,22). The summed E-state index contributed by atoms with van der Waals surface area (Å²) in [4.78, 5) is 13.0. The molecule has 2 aliphatic carbocycles. The Morgan fingerprint density at radius 2 is 2.29 bits per heavy atom. The molecule has 0 aromatic carbocycles. The van der Waals surface area contributed by atoms with E-state index in [2.05, 4.69) is 5.16 Å². The predicted molar refractivity (Wildman–Crippen MR) is 93.9 cm³/mol. The maximum Gasteiger partial charge on any atom is 0.251 e.